The lowest BCUT2D eigenvalue weighted by Crippen LogP contribution is -2.14. The lowest BCUT2D eigenvalue weighted by atomic mass is 10.7. The van der Waals surface area contributed by atoms with Gasteiger partial charge in [0.2, 0.25) is 0 Å². The van der Waals surface area contributed by atoms with Crippen LogP contribution in [-0.4, -0.2) is 22.6 Å². The van der Waals surface area contributed by atoms with E-state index in [2.05, 4.69) is 9.26 Å². The minimum atomic E-state index is -4.41. The van der Waals surface area contributed by atoms with Crippen LogP contribution < -0.4 is 0 Å². The minimum Gasteiger partial charge on any atom is -0.489 e. The van der Waals surface area contributed by atoms with Gasteiger partial charge in [-0.2, -0.15) is 13.2 Å². The Morgan fingerprint density at radius 2 is 1.83 bits per heavy atom. The summed E-state index contributed by atoms with van der Waals surface area (Å²) in [5, 5.41) is 0. The number of ether oxygens (including phenoxy) is 1. The Bertz CT molecular complexity index is 146. The van der Waals surface area contributed by atoms with Gasteiger partial charge in [-0.3, -0.25) is 0 Å². The largest absolute Gasteiger partial charge is 0.489 e. The van der Waals surface area contributed by atoms with Crippen molar-refractivity contribution in [2.45, 2.75) is 6.18 Å². The maximum absolute atomic E-state index is 11.3. The maximum Gasteiger partial charge on any atom is 0.422 e. The molecule has 12 heavy (non-hydrogen) atoms. The van der Waals surface area contributed by atoms with Crippen molar-refractivity contribution in [3.8, 4) is 0 Å². The fourth-order valence-corrected chi connectivity index (χ4v) is 0.420. The molecule has 0 fully saturated rings. The Labute approximate surface area is 67.2 Å². The van der Waals surface area contributed by atoms with Gasteiger partial charge in [0.15, 0.2) is 6.61 Å². The number of halogens is 3. The van der Waals surface area contributed by atoms with Gasteiger partial charge >= 0.3 is 14.8 Å². The molecule has 72 valence electrons. The van der Waals surface area contributed by atoms with Crippen LogP contribution in [0.1, 0.15) is 0 Å². The lowest BCUT2D eigenvalue weighted by Gasteiger charge is -2.04. The zero-order valence-corrected chi connectivity index (χ0v) is 6.55. The summed E-state index contributed by atoms with van der Waals surface area (Å²) in [6.45, 7) is -1.44. The highest BCUT2D eigenvalue weighted by molar-refractivity contribution is 7.39. The van der Waals surface area contributed by atoms with Gasteiger partial charge in [-0.15, -0.1) is 0 Å². The average molecular weight is 206 g/mol. The zero-order chi connectivity index (χ0) is 9.61. The van der Waals surface area contributed by atoms with E-state index in [0.717, 1.165) is 0 Å². The van der Waals surface area contributed by atoms with E-state index in [0.29, 0.717) is 12.5 Å². The molecule has 0 aromatic heterocycles. The summed E-state index contributed by atoms with van der Waals surface area (Å²) in [6, 6.07) is 0. The van der Waals surface area contributed by atoms with Crippen LogP contribution in [0.5, 0.6) is 0 Å². The van der Waals surface area contributed by atoms with Gasteiger partial charge in [0.1, 0.15) is 12.5 Å². The fourth-order valence-electron chi connectivity index (χ4n) is 0.261. The van der Waals surface area contributed by atoms with Crippen molar-refractivity contribution in [2.24, 2.45) is 0 Å². The standard InChI is InChI=1S/C4H6F3O4P/c5-4(6,7)3-10-1-2-11-12(8)9/h1-2,8-9H,3H2. The molecule has 0 heterocycles. The smallest absolute Gasteiger partial charge is 0.422 e. The van der Waals surface area contributed by atoms with E-state index in [4.69, 9.17) is 9.79 Å². The summed E-state index contributed by atoms with van der Waals surface area (Å²) >= 11 is 0. The van der Waals surface area contributed by atoms with E-state index < -0.39 is 21.4 Å². The van der Waals surface area contributed by atoms with Gasteiger partial charge < -0.3 is 19.0 Å². The molecule has 0 aliphatic heterocycles. The number of alkyl halides is 3. The second-order valence-electron chi connectivity index (χ2n) is 1.56. The minimum absolute atomic E-state index is 0.579. The summed E-state index contributed by atoms with van der Waals surface area (Å²) in [5.41, 5.74) is 0. The van der Waals surface area contributed by atoms with Crippen LogP contribution in [0.3, 0.4) is 0 Å². The van der Waals surface area contributed by atoms with E-state index in [9.17, 15) is 13.2 Å². The predicted molar refractivity (Wildman–Crippen MR) is 33.6 cm³/mol. The molecule has 0 unspecified atom stereocenters. The summed E-state index contributed by atoms with van der Waals surface area (Å²) in [6.07, 6.45) is -3.21. The van der Waals surface area contributed by atoms with Crippen molar-refractivity contribution >= 4 is 8.60 Å². The molecule has 0 amide bonds. The Morgan fingerprint density at radius 1 is 1.25 bits per heavy atom. The maximum atomic E-state index is 11.3. The van der Waals surface area contributed by atoms with Gasteiger partial charge in [-0.1, -0.05) is 0 Å². The lowest BCUT2D eigenvalue weighted by molar-refractivity contribution is -0.161. The number of hydrogen-bond acceptors (Lipinski definition) is 4. The highest BCUT2D eigenvalue weighted by Gasteiger charge is 2.27. The SMILES string of the molecule is OP(O)OC=COCC(F)(F)F. The van der Waals surface area contributed by atoms with E-state index in [1.54, 1.807) is 0 Å². The fraction of sp³-hybridized carbons (Fsp3) is 0.500. The molecule has 4 nitrogen and oxygen atoms in total. The molecule has 0 aliphatic rings. The van der Waals surface area contributed by atoms with Crippen molar-refractivity contribution in [3.05, 3.63) is 12.5 Å². The van der Waals surface area contributed by atoms with Crippen LogP contribution in [0, 0.1) is 0 Å². The normalized spacial score (nSPS) is 12.5. The molecular weight excluding hydrogens is 200 g/mol. The number of rotatable bonds is 4. The van der Waals surface area contributed by atoms with Crippen LogP contribution in [0.15, 0.2) is 12.5 Å². The molecule has 0 spiro atoms. The first-order valence-electron chi connectivity index (χ1n) is 2.60. The monoisotopic (exact) mass is 206 g/mol. The highest BCUT2D eigenvalue weighted by atomic mass is 31.2. The Balaban J connectivity index is 3.37. The topological polar surface area (TPSA) is 58.9 Å². The summed E-state index contributed by atoms with van der Waals surface area (Å²) < 4.78 is 41.9. The van der Waals surface area contributed by atoms with Crippen molar-refractivity contribution < 1.29 is 32.2 Å². The van der Waals surface area contributed by atoms with E-state index in [1.807, 2.05) is 0 Å². The third-order valence-electron chi connectivity index (χ3n) is 0.554. The van der Waals surface area contributed by atoms with Crippen LogP contribution in [0.25, 0.3) is 0 Å². The summed E-state index contributed by atoms with van der Waals surface area (Å²) in [5.74, 6) is 0. The van der Waals surface area contributed by atoms with Gasteiger partial charge in [0.05, 0.1) is 0 Å². The van der Waals surface area contributed by atoms with Crippen LogP contribution in [-0.2, 0) is 9.26 Å². The molecule has 0 aliphatic carbocycles. The molecule has 0 radical (unpaired) electrons. The van der Waals surface area contributed by atoms with Crippen molar-refractivity contribution in [1.29, 1.82) is 0 Å². The molecular formula is C4H6F3O4P. The van der Waals surface area contributed by atoms with Crippen molar-refractivity contribution in [2.75, 3.05) is 6.61 Å². The molecule has 0 aromatic carbocycles. The van der Waals surface area contributed by atoms with Crippen LogP contribution in [0.4, 0.5) is 13.2 Å². The van der Waals surface area contributed by atoms with Crippen molar-refractivity contribution in [1.82, 2.24) is 0 Å². The van der Waals surface area contributed by atoms with Crippen LogP contribution in [0.2, 0.25) is 0 Å². The third-order valence-corrected chi connectivity index (χ3v) is 0.864. The second kappa shape index (κ2) is 5.18. The molecule has 8 heteroatoms. The van der Waals surface area contributed by atoms with Gasteiger partial charge in [-0.25, -0.2) is 0 Å². The molecule has 0 bridgehead atoms. The van der Waals surface area contributed by atoms with E-state index >= 15 is 0 Å². The Kier molecular flexibility index (Phi) is 4.96. The summed E-state index contributed by atoms with van der Waals surface area (Å²) in [7, 11) is -2.59. The number of hydrogen-bond donors (Lipinski definition) is 2. The third kappa shape index (κ3) is 9.48. The average Bonchev–Trinajstić information content (AvgIpc) is 1.83. The highest BCUT2D eigenvalue weighted by Crippen LogP contribution is 2.24. The van der Waals surface area contributed by atoms with E-state index in [1.165, 1.54) is 0 Å². The zero-order valence-electron chi connectivity index (χ0n) is 5.65. The molecule has 0 saturated carbocycles. The molecule has 0 saturated heterocycles. The molecule has 2 N–H and O–H groups in total. The first-order chi connectivity index (χ1) is 5.42. The first-order valence-corrected chi connectivity index (χ1v) is 3.76. The molecule has 0 rings (SSSR count). The molecule has 0 aromatic rings. The van der Waals surface area contributed by atoms with Crippen molar-refractivity contribution in [3.63, 3.8) is 0 Å². The van der Waals surface area contributed by atoms with Gasteiger partial charge in [0, 0.05) is 0 Å². The predicted octanol–water partition coefficient (Wildman–Crippen LogP) is 1.26. The second-order valence-corrected chi connectivity index (χ2v) is 2.27. The Hall–Kier alpha value is -0.520. The molecule has 0 atom stereocenters. The Morgan fingerprint density at radius 3 is 2.25 bits per heavy atom. The van der Waals surface area contributed by atoms with Crippen LogP contribution >= 0.6 is 8.60 Å². The van der Waals surface area contributed by atoms with Gasteiger partial charge in [-0.05, 0) is 0 Å². The van der Waals surface area contributed by atoms with Gasteiger partial charge in [0.25, 0.3) is 0 Å². The quantitative estimate of drug-likeness (QED) is 0.537. The van der Waals surface area contributed by atoms with E-state index in [-0.39, 0.29) is 0 Å². The first kappa shape index (κ1) is 11.5. The summed E-state index contributed by atoms with van der Waals surface area (Å²) in [4.78, 5) is 16.2.